The number of hydrogen-bond donors (Lipinski definition) is 2. The minimum Gasteiger partial charge on any atom is -0.494 e. The molecule has 0 amide bonds. The van der Waals surface area contributed by atoms with Crippen LogP contribution in [-0.4, -0.2) is 37.9 Å². The second-order valence-corrected chi connectivity index (χ2v) is 3.60. The van der Waals surface area contributed by atoms with Gasteiger partial charge in [0.25, 0.3) is 0 Å². The van der Waals surface area contributed by atoms with E-state index in [4.69, 9.17) is 14.6 Å². The summed E-state index contributed by atoms with van der Waals surface area (Å²) in [5, 5.41) is 7.60. The van der Waals surface area contributed by atoms with Gasteiger partial charge in [0.05, 0.1) is 13.2 Å². The number of halogens is 1. The van der Waals surface area contributed by atoms with Crippen molar-refractivity contribution >= 4 is 5.97 Å². The second-order valence-electron chi connectivity index (χ2n) is 3.60. The lowest BCUT2D eigenvalue weighted by Gasteiger charge is -2.05. The summed E-state index contributed by atoms with van der Waals surface area (Å²) < 4.78 is 22.8. The highest BCUT2D eigenvalue weighted by Crippen LogP contribution is 2.11. The van der Waals surface area contributed by atoms with Gasteiger partial charge in [-0.3, -0.25) is 4.79 Å². The van der Waals surface area contributed by atoms with Crippen LogP contribution in [0.1, 0.15) is 12.8 Å². The Labute approximate surface area is 112 Å². The number of nitrogens with two attached hydrogens (primary N) is 1. The van der Waals surface area contributed by atoms with Gasteiger partial charge in [-0.05, 0) is 37.1 Å². The number of methoxy groups -OCH3 is 1. The predicted molar refractivity (Wildman–Crippen MR) is 69.7 cm³/mol. The standard InChI is InChI=1S/C11H15FO2.C2H5NO2/c1-13-8-2-3-9-14-11-6-4-10(12)5-7-11;3-1-2(4)5/h4-7H,2-3,8-9H2,1H3;1,3H2,(H,4,5). The van der Waals surface area contributed by atoms with E-state index in [0.717, 1.165) is 19.4 Å². The molecule has 0 atom stereocenters. The molecule has 0 fully saturated rings. The van der Waals surface area contributed by atoms with Gasteiger partial charge in [0, 0.05) is 13.7 Å². The van der Waals surface area contributed by atoms with E-state index in [-0.39, 0.29) is 12.4 Å². The summed E-state index contributed by atoms with van der Waals surface area (Å²) >= 11 is 0. The Bertz CT molecular complexity index is 343. The molecule has 0 unspecified atom stereocenters. The van der Waals surface area contributed by atoms with Gasteiger partial charge in [0.15, 0.2) is 0 Å². The average Bonchev–Trinajstić information content (AvgIpc) is 2.41. The minimum atomic E-state index is -0.968. The first kappa shape index (κ1) is 17.3. The maximum absolute atomic E-state index is 12.5. The molecule has 0 aromatic heterocycles. The van der Waals surface area contributed by atoms with E-state index in [1.807, 2.05) is 0 Å². The molecule has 108 valence electrons. The lowest BCUT2D eigenvalue weighted by molar-refractivity contribution is -0.135. The average molecular weight is 273 g/mol. The van der Waals surface area contributed by atoms with E-state index in [1.165, 1.54) is 12.1 Å². The number of carboxylic acid groups (broad SMARTS) is 1. The van der Waals surface area contributed by atoms with Crippen LogP contribution in [0.15, 0.2) is 24.3 Å². The zero-order valence-electron chi connectivity index (χ0n) is 11.0. The monoisotopic (exact) mass is 273 g/mol. The summed E-state index contributed by atoms with van der Waals surface area (Å²) in [6.07, 6.45) is 1.93. The smallest absolute Gasteiger partial charge is 0.317 e. The Kier molecular flexibility index (Phi) is 10.4. The highest BCUT2D eigenvalue weighted by atomic mass is 19.1. The van der Waals surface area contributed by atoms with Gasteiger partial charge in [-0.1, -0.05) is 0 Å². The van der Waals surface area contributed by atoms with Gasteiger partial charge in [0.2, 0.25) is 0 Å². The third-order valence-electron chi connectivity index (χ3n) is 2.00. The topological polar surface area (TPSA) is 81.8 Å². The van der Waals surface area contributed by atoms with Crippen molar-refractivity contribution in [3.8, 4) is 5.75 Å². The van der Waals surface area contributed by atoms with Crippen molar-refractivity contribution in [2.75, 3.05) is 26.9 Å². The molecule has 1 aromatic carbocycles. The van der Waals surface area contributed by atoms with Crippen LogP contribution < -0.4 is 10.5 Å². The molecule has 0 saturated carbocycles. The van der Waals surface area contributed by atoms with Crippen LogP contribution in [0.4, 0.5) is 4.39 Å². The number of unbranched alkanes of at least 4 members (excludes halogenated alkanes) is 1. The number of hydrogen-bond acceptors (Lipinski definition) is 4. The molecular formula is C13H20FNO4. The molecule has 0 spiro atoms. The van der Waals surface area contributed by atoms with Crippen LogP contribution in [-0.2, 0) is 9.53 Å². The Balaban J connectivity index is 0.000000555. The fourth-order valence-electron chi connectivity index (χ4n) is 1.07. The van der Waals surface area contributed by atoms with Crippen LogP contribution in [0.5, 0.6) is 5.75 Å². The molecule has 0 radical (unpaired) electrons. The number of ether oxygens (including phenoxy) is 2. The van der Waals surface area contributed by atoms with Crippen LogP contribution in [0.25, 0.3) is 0 Å². The van der Waals surface area contributed by atoms with Crippen molar-refractivity contribution < 1.29 is 23.8 Å². The largest absolute Gasteiger partial charge is 0.494 e. The van der Waals surface area contributed by atoms with Gasteiger partial charge in [-0.25, -0.2) is 4.39 Å². The number of carboxylic acids is 1. The zero-order valence-corrected chi connectivity index (χ0v) is 11.0. The van der Waals surface area contributed by atoms with Gasteiger partial charge >= 0.3 is 5.97 Å². The summed E-state index contributed by atoms with van der Waals surface area (Å²) in [5.41, 5.74) is 4.57. The van der Waals surface area contributed by atoms with Crippen molar-refractivity contribution in [1.82, 2.24) is 0 Å². The minimum absolute atomic E-state index is 0.239. The second kappa shape index (κ2) is 11.4. The van der Waals surface area contributed by atoms with Crippen molar-refractivity contribution in [2.45, 2.75) is 12.8 Å². The third kappa shape index (κ3) is 11.2. The van der Waals surface area contributed by atoms with Crippen molar-refractivity contribution in [2.24, 2.45) is 5.73 Å². The quantitative estimate of drug-likeness (QED) is 0.738. The Hall–Kier alpha value is -1.66. The van der Waals surface area contributed by atoms with Crippen LogP contribution in [0.2, 0.25) is 0 Å². The molecule has 0 aliphatic carbocycles. The molecule has 0 heterocycles. The fraction of sp³-hybridized carbons (Fsp3) is 0.462. The fourth-order valence-corrected chi connectivity index (χ4v) is 1.07. The number of carbonyl (C=O) groups is 1. The highest BCUT2D eigenvalue weighted by Gasteiger charge is 1.94. The first-order chi connectivity index (χ1) is 9.10. The summed E-state index contributed by atoms with van der Waals surface area (Å²) in [6, 6.07) is 6.05. The molecular weight excluding hydrogens is 253 g/mol. The maximum Gasteiger partial charge on any atom is 0.317 e. The summed E-state index contributed by atoms with van der Waals surface area (Å²) in [4.78, 5) is 9.24. The molecule has 1 rings (SSSR count). The maximum atomic E-state index is 12.5. The molecule has 5 nitrogen and oxygen atoms in total. The Morgan fingerprint density at radius 3 is 2.26 bits per heavy atom. The lowest BCUT2D eigenvalue weighted by atomic mass is 10.3. The summed E-state index contributed by atoms with van der Waals surface area (Å²) in [5.74, 6) is -0.495. The molecule has 1 aromatic rings. The van der Waals surface area contributed by atoms with Gasteiger partial charge in [-0.2, -0.15) is 0 Å². The Morgan fingerprint density at radius 2 is 1.79 bits per heavy atom. The number of benzene rings is 1. The van der Waals surface area contributed by atoms with E-state index < -0.39 is 5.97 Å². The van der Waals surface area contributed by atoms with E-state index >= 15 is 0 Å². The van der Waals surface area contributed by atoms with Crippen molar-refractivity contribution in [1.29, 1.82) is 0 Å². The third-order valence-corrected chi connectivity index (χ3v) is 2.00. The molecule has 0 saturated heterocycles. The van der Waals surface area contributed by atoms with Crippen LogP contribution in [0, 0.1) is 5.82 Å². The van der Waals surface area contributed by atoms with E-state index in [0.29, 0.717) is 12.4 Å². The molecule has 6 heteroatoms. The predicted octanol–water partition coefficient (Wildman–Crippen LogP) is 1.66. The van der Waals surface area contributed by atoms with E-state index in [9.17, 15) is 9.18 Å². The molecule has 0 bridgehead atoms. The first-order valence-corrected chi connectivity index (χ1v) is 5.89. The first-order valence-electron chi connectivity index (χ1n) is 5.89. The number of aliphatic carboxylic acids is 1. The summed E-state index contributed by atoms with van der Waals surface area (Å²) in [6.45, 7) is 1.13. The lowest BCUT2D eigenvalue weighted by Crippen LogP contribution is -2.10. The normalized spacial score (nSPS) is 9.42. The highest BCUT2D eigenvalue weighted by molar-refractivity contribution is 5.68. The van der Waals surface area contributed by atoms with Gasteiger partial charge < -0.3 is 20.3 Å². The van der Waals surface area contributed by atoms with Crippen molar-refractivity contribution in [3.05, 3.63) is 30.1 Å². The van der Waals surface area contributed by atoms with Crippen LogP contribution >= 0.6 is 0 Å². The SMILES string of the molecule is COCCCCOc1ccc(F)cc1.NCC(=O)O. The number of rotatable bonds is 7. The van der Waals surface area contributed by atoms with Gasteiger partial charge in [0.1, 0.15) is 11.6 Å². The van der Waals surface area contributed by atoms with Crippen LogP contribution in [0.3, 0.4) is 0 Å². The van der Waals surface area contributed by atoms with E-state index in [1.54, 1.807) is 19.2 Å². The molecule has 3 N–H and O–H groups in total. The van der Waals surface area contributed by atoms with Crippen molar-refractivity contribution in [3.63, 3.8) is 0 Å². The molecule has 0 aliphatic rings. The zero-order chi connectivity index (χ0) is 14.5. The van der Waals surface area contributed by atoms with Gasteiger partial charge in [-0.15, -0.1) is 0 Å². The summed E-state index contributed by atoms with van der Waals surface area (Å²) in [7, 11) is 1.68. The van der Waals surface area contributed by atoms with E-state index in [2.05, 4.69) is 5.73 Å². The molecule has 0 aliphatic heterocycles. The Morgan fingerprint density at radius 1 is 1.26 bits per heavy atom. The molecule has 19 heavy (non-hydrogen) atoms.